The number of thioether (sulfide) groups is 1. The summed E-state index contributed by atoms with van der Waals surface area (Å²) in [5.41, 5.74) is 2.58. The lowest BCUT2D eigenvalue weighted by molar-refractivity contribution is -0.142. The van der Waals surface area contributed by atoms with Gasteiger partial charge in [-0.3, -0.25) is 4.79 Å². The Hall–Kier alpha value is -1.69. The highest BCUT2D eigenvalue weighted by Crippen LogP contribution is 2.31. The van der Waals surface area contributed by atoms with Crippen LogP contribution in [0.25, 0.3) is 11.0 Å². The van der Waals surface area contributed by atoms with Crippen LogP contribution in [0.2, 0.25) is 10.0 Å². The predicted molar refractivity (Wildman–Crippen MR) is 103 cm³/mol. The third-order valence-electron chi connectivity index (χ3n) is 3.61. The van der Waals surface area contributed by atoms with Gasteiger partial charge in [-0.15, -0.1) is 0 Å². The predicted octanol–water partition coefficient (Wildman–Crippen LogP) is 5.14. The molecule has 4 nitrogen and oxygen atoms in total. The summed E-state index contributed by atoms with van der Waals surface area (Å²) in [7, 11) is 0. The average Bonchev–Trinajstić information content (AvgIpc) is 3.01. The molecule has 7 heteroatoms. The standard InChI is InChI=1S/C18H16Cl2N2O2S/c1-2-24-17(23)15(10-11-6-5-7-12(19)16(11)20)25-18-21-13-8-3-4-9-14(13)22-18/h3-9,15H,2,10H2,1H3,(H,21,22)/t15-/m0/s1. The van der Waals surface area contributed by atoms with E-state index in [1.165, 1.54) is 11.8 Å². The number of hydrogen-bond donors (Lipinski definition) is 1. The third-order valence-corrected chi connectivity index (χ3v) is 5.53. The van der Waals surface area contributed by atoms with Gasteiger partial charge in [0, 0.05) is 0 Å². The van der Waals surface area contributed by atoms with Gasteiger partial charge in [0.15, 0.2) is 5.16 Å². The zero-order valence-corrected chi connectivity index (χ0v) is 15.8. The molecule has 1 aromatic heterocycles. The maximum absolute atomic E-state index is 12.4. The summed E-state index contributed by atoms with van der Waals surface area (Å²) in [6, 6.07) is 13.1. The van der Waals surface area contributed by atoms with Crippen LogP contribution in [0, 0.1) is 0 Å². The number of rotatable bonds is 6. The molecule has 1 atom stereocenters. The number of H-pyrrole nitrogens is 1. The lowest BCUT2D eigenvalue weighted by atomic mass is 10.1. The molecule has 0 fully saturated rings. The van der Waals surface area contributed by atoms with Gasteiger partial charge < -0.3 is 9.72 Å². The minimum Gasteiger partial charge on any atom is -0.465 e. The fourth-order valence-electron chi connectivity index (χ4n) is 2.43. The van der Waals surface area contributed by atoms with Gasteiger partial charge in [-0.2, -0.15) is 0 Å². The second kappa shape index (κ2) is 8.13. The second-order valence-corrected chi connectivity index (χ2v) is 7.31. The van der Waals surface area contributed by atoms with Gasteiger partial charge in [0.25, 0.3) is 0 Å². The summed E-state index contributed by atoms with van der Waals surface area (Å²) in [5.74, 6) is -0.302. The Morgan fingerprint density at radius 3 is 2.80 bits per heavy atom. The van der Waals surface area contributed by atoms with Crippen LogP contribution in [0.1, 0.15) is 12.5 Å². The number of aromatic amines is 1. The molecule has 25 heavy (non-hydrogen) atoms. The second-order valence-electron chi connectivity index (χ2n) is 5.33. The monoisotopic (exact) mass is 394 g/mol. The van der Waals surface area contributed by atoms with Crippen molar-refractivity contribution in [2.45, 2.75) is 23.8 Å². The van der Waals surface area contributed by atoms with E-state index in [4.69, 9.17) is 27.9 Å². The van der Waals surface area contributed by atoms with Crippen molar-refractivity contribution in [3.63, 3.8) is 0 Å². The molecule has 0 saturated carbocycles. The smallest absolute Gasteiger partial charge is 0.319 e. The van der Waals surface area contributed by atoms with E-state index in [-0.39, 0.29) is 5.97 Å². The molecular weight excluding hydrogens is 379 g/mol. The number of imidazole rings is 1. The van der Waals surface area contributed by atoms with Crippen LogP contribution >= 0.6 is 35.0 Å². The molecule has 130 valence electrons. The van der Waals surface area contributed by atoms with E-state index >= 15 is 0 Å². The molecule has 0 radical (unpaired) electrons. The van der Waals surface area contributed by atoms with Crippen LogP contribution in [-0.4, -0.2) is 27.8 Å². The highest BCUT2D eigenvalue weighted by Gasteiger charge is 2.24. The zero-order chi connectivity index (χ0) is 17.8. The summed E-state index contributed by atoms with van der Waals surface area (Å²) >= 11 is 13.7. The minimum absolute atomic E-state index is 0.302. The summed E-state index contributed by atoms with van der Waals surface area (Å²) in [6.07, 6.45) is 0.403. The number of fused-ring (bicyclic) bond motifs is 1. The Kier molecular flexibility index (Phi) is 5.89. The molecule has 0 aliphatic rings. The SMILES string of the molecule is CCOC(=O)[C@H](Cc1cccc(Cl)c1Cl)Sc1nc2ccccc2[nH]1. The van der Waals surface area contributed by atoms with Gasteiger partial charge in [-0.1, -0.05) is 59.2 Å². The highest BCUT2D eigenvalue weighted by atomic mass is 35.5. The number of nitrogens with one attached hydrogen (secondary N) is 1. The van der Waals surface area contributed by atoms with E-state index in [1.807, 2.05) is 36.4 Å². The lowest BCUT2D eigenvalue weighted by Gasteiger charge is -2.15. The molecule has 0 unspecified atom stereocenters. The Labute approximate surface area is 159 Å². The molecule has 3 aromatic rings. The number of aromatic nitrogens is 2. The van der Waals surface area contributed by atoms with Crippen molar-refractivity contribution in [1.82, 2.24) is 9.97 Å². The van der Waals surface area contributed by atoms with Crippen LogP contribution in [-0.2, 0) is 16.0 Å². The first-order valence-electron chi connectivity index (χ1n) is 7.79. The molecule has 0 aliphatic heterocycles. The first-order valence-corrected chi connectivity index (χ1v) is 9.43. The normalized spacial score (nSPS) is 12.3. The van der Waals surface area contributed by atoms with Crippen LogP contribution in [0.3, 0.4) is 0 Å². The van der Waals surface area contributed by atoms with Gasteiger partial charge in [-0.05, 0) is 37.1 Å². The molecule has 2 aromatic carbocycles. The van der Waals surface area contributed by atoms with Crippen molar-refractivity contribution in [1.29, 1.82) is 0 Å². The molecule has 0 saturated heterocycles. The minimum atomic E-state index is -0.475. The molecular formula is C18H16Cl2N2O2S. The number of para-hydroxylation sites is 2. The summed E-state index contributed by atoms with van der Waals surface area (Å²) in [4.78, 5) is 20.1. The van der Waals surface area contributed by atoms with E-state index in [1.54, 1.807) is 13.0 Å². The van der Waals surface area contributed by atoms with E-state index in [9.17, 15) is 4.79 Å². The summed E-state index contributed by atoms with van der Waals surface area (Å²) < 4.78 is 5.22. The van der Waals surface area contributed by atoms with Crippen LogP contribution in [0.5, 0.6) is 0 Å². The van der Waals surface area contributed by atoms with Crippen molar-refractivity contribution in [3.05, 3.63) is 58.1 Å². The molecule has 0 amide bonds. The quantitative estimate of drug-likeness (QED) is 0.464. The average molecular weight is 395 g/mol. The summed E-state index contributed by atoms with van der Waals surface area (Å²) in [5, 5.41) is 1.12. The lowest BCUT2D eigenvalue weighted by Crippen LogP contribution is -2.23. The van der Waals surface area contributed by atoms with Crippen LogP contribution in [0.15, 0.2) is 47.6 Å². The van der Waals surface area contributed by atoms with Crippen LogP contribution in [0.4, 0.5) is 0 Å². The largest absolute Gasteiger partial charge is 0.465 e. The van der Waals surface area contributed by atoms with Crippen LogP contribution < -0.4 is 0 Å². The van der Waals surface area contributed by atoms with Crippen molar-refractivity contribution >= 4 is 52.0 Å². The van der Waals surface area contributed by atoms with Gasteiger partial charge in [0.2, 0.25) is 0 Å². The Balaban J connectivity index is 1.86. The molecule has 1 N–H and O–H groups in total. The Morgan fingerprint density at radius 1 is 1.24 bits per heavy atom. The molecule has 1 heterocycles. The first-order chi connectivity index (χ1) is 12.1. The molecule has 3 rings (SSSR count). The number of carbonyl (C=O) groups excluding carboxylic acids is 1. The number of carbonyl (C=O) groups is 1. The van der Waals surface area contributed by atoms with Gasteiger partial charge >= 0.3 is 5.97 Å². The maximum Gasteiger partial charge on any atom is 0.319 e. The van der Waals surface area contributed by atoms with E-state index in [2.05, 4.69) is 9.97 Å². The number of halogens is 2. The van der Waals surface area contributed by atoms with E-state index in [0.29, 0.717) is 28.2 Å². The fourth-order valence-corrected chi connectivity index (χ4v) is 3.85. The maximum atomic E-state index is 12.4. The third kappa shape index (κ3) is 4.29. The number of nitrogens with zero attached hydrogens (tertiary/aromatic N) is 1. The van der Waals surface area contributed by atoms with E-state index in [0.717, 1.165) is 16.6 Å². The molecule has 0 aliphatic carbocycles. The molecule has 0 spiro atoms. The Morgan fingerprint density at radius 2 is 2.04 bits per heavy atom. The topological polar surface area (TPSA) is 55.0 Å². The highest BCUT2D eigenvalue weighted by molar-refractivity contribution is 8.00. The van der Waals surface area contributed by atoms with Crippen molar-refractivity contribution in [2.24, 2.45) is 0 Å². The fraction of sp³-hybridized carbons (Fsp3) is 0.222. The van der Waals surface area contributed by atoms with Gasteiger partial charge in [0.05, 0.1) is 27.7 Å². The summed E-state index contributed by atoms with van der Waals surface area (Å²) in [6.45, 7) is 2.10. The van der Waals surface area contributed by atoms with Gasteiger partial charge in [-0.25, -0.2) is 4.98 Å². The number of esters is 1. The zero-order valence-electron chi connectivity index (χ0n) is 13.5. The number of hydrogen-bond acceptors (Lipinski definition) is 4. The van der Waals surface area contributed by atoms with Crippen molar-refractivity contribution in [3.8, 4) is 0 Å². The number of benzene rings is 2. The van der Waals surface area contributed by atoms with Crippen molar-refractivity contribution < 1.29 is 9.53 Å². The Bertz CT molecular complexity index is 865. The first kappa shape index (κ1) is 18.1. The molecule has 0 bridgehead atoms. The van der Waals surface area contributed by atoms with Crippen molar-refractivity contribution in [2.75, 3.05) is 6.61 Å². The van der Waals surface area contributed by atoms with E-state index < -0.39 is 5.25 Å². The number of ether oxygens (including phenoxy) is 1. The van der Waals surface area contributed by atoms with Gasteiger partial charge in [0.1, 0.15) is 5.25 Å².